The minimum Gasteiger partial charge on any atom is -0.438 e. The van der Waals surface area contributed by atoms with Crippen molar-refractivity contribution in [1.29, 1.82) is 0 Å². The van der Waals surface area contributed by atoms with Crippen molar-refractivity contribution in [2.45, 2.75) is 70.4 Å². The Morgan fingerprint density at radius 3 is 2.54 bits per heavy atom. The number of imidazole rings is 1. The van der Waals surface area contributed by atoms with Gasteiger partial charge in [-0.05, 0) is 75.0 Å². The number of fused-ring (bicyclic) bond motifs is 1. The monoisotopic (exact) mass is 544 g/mol. The Morgan fingerprint density at radius 2 is 1.92 bits per heavy atom. The van der Waals surface area contributed by atoms with E-state index < -0.39 is 30.8 Å². The number of nitrogens with one attached hydrogen (secondary N) is 2. The number of oxazole rings is 1. The van der Waals surface area contributed by atoms with Crippen LogP contribution in [0.5, 0.6) is 0 Å². The minimum atomic E-state index is -4.50. The Morgan fingerprint density at radius 1 is 1.21 bits per heavy atom. The summed E-state index contributed by atoms with van der Waals surface area (Å²) in [4.78, 5) is 35.7. The molecular weight excluding hydrogens is 513 g/mol. The summed E-state index contributed by atoms with van der Waals surface area (Å²) in [5, 5.41) is 5.17. The van der Waals surface area contributed by atoms with Gasteiger partial charge in [-0.3, -0.25) is 4.79 Å². The molecule has 3 aromatic rings. The lowest BCUT2D eigenvalue weighted by atomic mass is 9.89. The fraction of sp³-hybridized carbons (Fsp3) is 0.556. The number of hydrogen-bond donors (Lipinski definition) is 2. The highest BCUT2D eigenvalue weighted by Gasteiger charge is 2.49. The number of amides is 3. The van der Waals surface area contributed by atoms with E-state index in [1.807, 2.05) is 23.7 Å². The van der Waals surface area contributed by atoms with Gasteiger partial charge < -0.3 is 24.5 Å². The quantitative estimate of drug-likeness (QED) is 0.396. The van der Waals surface area contributed by atoms with Crippen LogP contribution in [0.15, 0.2) is 35.0 Å². The van der Waals surface area contributed by atoms with Crippen molar-refractivity contribution in [1.82, 2.24) is 30.1 Å². The van der Waals surface area contributed by atoms with Crippen molar-refractivity contribution in [3.63, 3.8) is 0 Å². The molecule has 6 rings (SSSR count). The number of urea groups is 1. The van der Waals surface area contributed by atoms with Crippen LogP contribution in [-0.4, -0.2) is 50.1 Å². The molecule has 2 aromatic heterocycles. The number of aromatic nitrogens is 3. The Balaban J connectivity index is 1.27. The summed E-state index contributed by atoms with van der Waals surface area (Å²) < 4.78 is 47.2. The van der Waals surface area contributed by atoms with E-state index in [2.05, 4.69) is 10.3 Å². The lowest BCUT2D eigenvalue weighted by molar-refractivity contribution is -0.149. The highest BCUT2D eigenvalue weighted by atomic mass is 19.4. The van der Waals surface area contributed by atoms with Crippen LogP contribution in [0.3, 0.4) is 0 Å². The standard InChI is InChI=1S/C27H31F3N6O3/c1-14(2)36-10-9-31-23(36)24(37)34-22(21(16-4-5-16)17-6-7-17)25-32-18-11-15(3-8-19(18)39-25)12-35-13-20(27(28,29)30)33-26(35)38/h3,8-11,14,16-17,20-22H,4-7,12-13H2,1-2H3,(H,33,38)(H,34,37)/t20-,22-/m0/s1. The third-order valence-electron chi connectivity index (χ3n) is 7.92. The predicted molar refractivity (Wildman–Crippen MR) is 135 cm³/mol. The number of hydrogen-bond acceptors (Lipinski definition) is 5. The summed E-state index contributed by atoms with van der Waals surface area (Å²) >= 11 is 0. The maximum Gasteiger partial charge on any atom is 0.410 e. The molecule has 3 fully saturated rings. The van der Waals surface area contributed by atoms with Crippen molar-refractivity contribution in [2.24, 2.45) is 17.8 Å². The van der Waals surface area contributed by atoms with E-state index in [9.17, 15) is 22.8 Å². The van der Waals surface area contributed by atoms with Crippen LogP contribution in [-0.2, 0) is 6.54 Å². The summed E-state index contributed by atoms with van der Waals surface area (Å²) in [6, 6.07) is 2.16. The van der Waals surface area contributed by atoms with Crippen molar-refractivity contribution in [3.05, 3.63) is 47.9 Å². The smallest absolute Gasteiger partial charge is 0.410 e. The zero-order valence-electron chi connectivity index (χ0n) is 21.7. The first kappa shape index (κ1) is 25.7. The Bertz CT molecular complexity index is 1380. The molecule has 0 spiro atoms. The molecule has 0 unspecified atom stereocenters. The molecule has 1 saturated heterocycles. The fourth-order valence-electron chi connectivity index (χ4n) is 5.68. The number of rotatable bonds is 9. The lowest BCUT2D eigenvalue weighted by Crippen LogP contribution is -2.40. The van der Waals surface area contributed by atoms with Crippen molar-refractivity contribution >= 4 is 23.0 Å². The molecular formula is C27H31F3N6O3. The molecule has 12 heteroatoms. The van der Waals surface area contributed by atoms with Crippen LogP contribution in [0.2, 0.25) is 0 Å². The van der Waals surface area contributed by atoms with E-state index in [-0.39, 0.29) is 24.4 Å². The first-order chi connectivity index (χ1) is 18.6. The van der Waals surface area contributed by atoms with E-state index >= 15 is 0 Å². The summed E-state index contributed by atoms with van der Waals surface area (Å²) in [5.41, 5.74) is 1.68. The zero-order chi connectivity index (χ0) is 27.5. The molecule has 0 bridgehead atoms. The molecule has 2 atom stereocenters. The Kier molecular flexibility index (Phi) is 6.30. The SMILES string of the molecule is CC(C)n1ccnc1C(=O)N[C@H](c1nc2cc(CN3C[C@@H](C(F)(F)F)NC3=O)ccc2o1)C(C1CC1)C1CC1. The second-order valence-electron chi connectivity index (χ2n) is 11.2. The van der Waals surface area contributed by atoms with Crippen LogP contribution >= 0.6 is 0 Å². The van der Waals surface area contributed by atoms with E-state index in [0.29, 0.717) is 40.2 Å². The number of carbonyl (C=O) groups excluding carboxylic acids is 2. The molecule has 0 radical (unpaired) electrons. The van der Waals surface area contributed by atoms with Gasteiger partial charge in [-0.1, -0.05) is 6.07 Å². The van der Waals surface area contributed by atoms with E-state index in [4.69, 9.17) is 9.40 Å². The Labute approximate surface area is 223 Å². The van der Waals surface area contributed by atoms with Gasteiger partial charge in [0.2, 0.25) is 5.89 Å². The zero-order valence-corrected chi connectivity index (χ0v) is 21.7. The number of nitrogens with zero attached hydrogens (tertiary/aromatic N) is 4. The average molecular weight is 545 g/mol. The van der Waals surface area contributed by atoms with Gasteiger partial charge in [0.1, 0.15) is 17.6 Å². The van der Waals surface area contributed by atoms with Gasteiger partial charge in [-0.2, -0.15) is 13.2 Å². The summed E-state index contributed by atoms with van der Waals surface area (Å²) in [5.74, 6) is 1.66. The first-order valence-electron chi connectivity index (χ1n) is 13.4. The fourth-order valence-corrected chi connectivity index (χ4v) is 5.68. The highest BCUT2D eigenvalue weighted by Crippen LogP contribution is 2.54. The molecule has 9 nitrogen and oxygen atoms in total. The lowest BCUT2D eigenvalue weighted by Gasteiger charge is -2.26. The molecule has 208 valence electrons. The van der Waals surface area contributed by atoms with Gasteiger partial charge in [0.25, 0.3) is 5.91 Å². The van der Waals surface area contributed by atoms with Crippen molar-refractivity contribution < 1.29 is 27.2 Å². The van der Waals surface area contributed by atoms with Crippen LogP contribution in [0.1, 0.15) is 73.7 Å². The van der Waals surface area contributed by atoms with Crippen LogP contribution in [0, 0.1) is 17.8 Å². The largest absolute Gasteiger partial charge is 0.438 e. The van der Waals surface area contributed by atoms with Crippen LogP contribution < -0.4 is 10.6 Å². The number of carbonyl (C=O) groups is 2. The molecule has 3 heterocycles. The Hall–Kier alpha value is -3.57. The number of benzene rings is 1. The normalized spacial score (nSPS) is 20.7. The topological polar surface area (TPSA) is 105 Å². The predicted octanol–water partition coefficient (Wildman–Crippen LogP) is 4.97. The summed E-state index contributed by atoms with van der Waals surface area (Å²) in [7, 11) is 0. The maximum atomic E-state index is 13.4. The molecule has 39 heavy (non-hydrogen) atoms. The van der Waals surface area contributed by atoms with E-state index in [0.717, 1.165) is 30.6 Å². The van der Waals surface area contributed by atoms with Gasteiger partial charge in [-0.25, -0.2) is 14.8 Å². The molecule has 2 N–H and O–H groups in total. The van der Waals surface area contributed by atoms with Crippen LogP contribution in [0.4, 0.5) is 18.0 Å². The third-order valence-corrected chi connectivity index (χ3v) is 7.92. The molecule has 2 aliphatic carbocycles. The van der Waals surface area contributed by atoms with E-state index in [1.165, 1.54) is 0 Å². The van der Waals surface area contributed by atoms with Crippen LogP contribution in [0.25, 0.3) is 11.1 Å². The highest BCUT2D eigenvalue weighted by molar-refractivity contribution is 5.91. The van der Waals surface area contributed by atoms with Gasteiger partial charge >= 0.3 is 12.2 Å². The minimum absolute atomic E-state index is 0.0152. The first-order valence-corrected chi connectivity index (χ1v) is 13.4. The molecule has 3 aliphatic rings. The average Bonchev–Trinajstić information content (AvgIpc) is 3.76. The third kappa shape index (κ3) is 5.20. The number of halogens is 3. The summed E-state index contributed by atoms with van der Waals surface area (Å²) in [6.45, 7) is 3.54. The molecule has 1 aliphatic heterocycles. The second-order valence-corrected chi connectivity index (χ2v) is 11.2. The number of alkyl halides is 3. The molecule has 1 aromatic carbocycles. The van der Waals surface area contributed by atoms with Crippen molar-refractivity contribution in [2.75, 3.05) is 6.54 Å². The van der Waals surface area contributed by atoms with Gasteiger partial charge in [0.15, 0.2) is 11.4 Å². The maximum absolute atomic E-state index is 13.4. The molecule has 3 amide bonds. The van der Waals surface area contributed by atoms with Gasteiger partial charge in [0.05, 0.1) is 6.54 Å². The summed E-state index contributed by atoms with van der Waals surface area (Å²) in [6.07, 6.45) is 3.32. The van der Waals surface area contributed by atoms with E-state index in [1.54, 1.807) is 30.6 Å². The molecule has 2 saturated carbocycles. The second kappa shape index (κ2) is 9.56. The van der Waals surface area contributed by atoms with Gasteiger partial charge in [-0.15, -0.1) is 0 Å². The van der Waals surface area contributed by atoms with Crippen molar-refractivity contribution in [3.8, 4) is 0 Å². The van der Waals surface area contributed by atoms with Gasteiger partial charge in [0, 0.05) is 25.0 Å².